The normalized spacial score (nSPS) is 20.2. The standard InChI is InChI=1S/C11H18N2O3/c1-16-8-2-5-13-6-3-11(9-12,4-7-13)10(14)15/h2-8H2,1H3,(H,14,15). The maximum Gasteiger partial charge on any atom is 0.324 e. The SMILES string of the molecule is COCCCN1CCC(C#N)(C(=O)O)CC1. The van der Waals surface area contributed by atoms with Gasteiger partial charge < -0.3 is 14.7 Å². The molecular formula is C11H18N2O3. The lowest BCUT2D eigenvalue weighted by Crippen LogP contribution is -2.44. The molecule has 1 fully saturated rings. The van der Waals surface area contributed by atoms with Crippen molar-refractivity contribution in [3.8, 4) is 6.07 Å². The summed E-state index contributed by atoms with van der Waals surface area (Å²) < 4.78 is 4.96. The number of likely N-dealkylation sites (tertiary alicyclic amines) is 1. The van der Waals surface area contributed by atoms with Crippen molar-refractivity contribution >= 4 is 5.97 Å². The molecule has 0 unspecified atom stereocenters. The Bertz CT molecular complexity index is 277. The molecule has 0 aromatic carbocycles. The van der Waals surface area contributed by atoms with Crippen molar-refractivity contribution in [3.63, 3.8) is 0 Å². The molecular weight excluding hydrogens is 208 g/mol. The number of hydrogen-bond donors (Lipinski definition) is 1. The fourth-order valence-corrected chi connectivity index (χ4v) is 1.96. The van der Waals surface area contributed by atoms with E-state index in [1.54, 1.807) is 7.11 Å². The van der Waals surface area contributed by atoms with Gasteiger partial charge in [-0.3, -0.25) is 4.79 Å². The van der Waals surface area contributed by atoms with Gasteiger partial charge in [-0.25, -0.2) is 0 Å². The fraction of sp³-hybridized carbons (Fsp3) is 0.818. The van der Waals surface area contributed by atoms with Crippen LogP contribution in [0.3, 0.4) is 0 Å². The van der Waals surface area contributed by atoms with E-state index in [4.69, 9.17) is 15.1 Å². The van der Waals surface area contributed by atoms with Crippen LogP contribution in [-0.4, -0.2) is 49.3 Å². The molecule has 0 radical (unpaired) electrons. The summed E-state index contributed by atoms with van der Waals surface area (Å²) in [6.45, 7) is 3.00. The van der Waals surface area contributed by atoms with Crippen LogP contribution in [0.5, 0.6) is 0 Å². The topological polar surface area (TPSA) is 73.6 Å². The molecule has 1 rings (SSSR count). The number of carboxylic acids is 1. The van der Waals surface area contributed by atoms with Crippen LogP contribution in [-0.2, 0) is 9.53 Å². The van der Waals surface area contributed by atoms with Crippen molar-refractivity contribution < 1.29 is 14.6 Å². The lowest BCUT2D eigenvalue weighted by Gasteiger charge is -2.34. The zero-order chi connectivity index (χ0) is 12.0. The van der Waals surface area contributed by atoms with Crippen LogP contribution in [0.25, 0.3) is 0 Å². The maximum absolute atomic E-state index is 11.0. The van der Waals surface area contributed by atoms with Gasteiger partial charge in [-0.15, -0.1) is 0 Å². The predicted octanol–water partition coefficient (Wildman–Crippen LogP) is 0.713. The lowest BCUT2D eigenvalue weighted by atomic mass is 9.80. The van der Waals surface area contributed by atoms with Crippen molar-refractivity contribution in [1.29, 1.82) is 5.26 Å². The lowest BCUT2D eigenvalue weighted by molar-refractivity contribution is -0.147. The smallest absolute Gasteiger partial charge is 0.324 e. The Labute approximate surface area is 95.6 Å². The van der Waals surface area contributed by atoms with Gasteiger partial charge in [0.05, 0.1) is 6.07 Å². The third-order valence-corrected chi connectivity index (χ3v) is 3.16. The monoisotopic (exact) mass is 226 g/mol. The minimum Gasteiger partial charge on any atom is -0.480 e. The molecule has 0 atom stereocenters. The van der Waals surface area contributed by atoms with Crippen LogP contribution < -0.4 is 0 Å². The third kappa shape index (κ3) is 2.94. The maximum atomic E-state index is 11.0. The molecule has 90 valence electrons. The summed E-state index contributed by atoms with van der Waals surface area (Å²) in [7, 11) is 1.67. The zero-order valence-corrected chi connectivity index (χ0v) is 9.61. The van der Waals surface area contributed by atoms with Gasteiger partial charge >= 0.3 is 5.97 Å². The molecule has 0 bridgehead atoms. The average molecular weight is 226 g/mol. The van der Waals surface area contributed by atoms with Crippen molar-refractivity contribution in [2.45, 2.75) is 19.3 Å². The first kappa shape index (κ1) is 12.9. The van der Waals surface area contributed by atoms with Gasteiger partial charge in [0.15, 0.2) is 5.41 Å². The van der Waals surface area contributed by atoms with E-state index in [1.165, 1.54) is 0 Å². The first-order valence-corrected chi connectivity index (χ1v) is 5.50. The fourth-order valence-electron chi connectivity index (χ4n) is 1.96. The van der Waals surface area contributed by atoms with Gasteiger partial charge in [0, 0.05) is 33.4 Å². The molecule has 0 spiro atoms. The number of ether oxygens (including phenoxy) is 1. The van der Waals surface area contributed by atoms with Crippen molar-refractivity contribution in [2.24, 2.45) is 5.41 Å². The van der Waals surface area contributed by atoms with Crippen LogP contribution in [0.2, 0.25) is 0 Å². The largest absolute Gasteiger partial charge is 0.480 e. The van der Waals surface area contributed by atoms with Gasteiger partial charge in [0.25, 0.3) is 0 Å². The van der Waals surface area contributed by atoms with Gasteiger partial charge in [-0.1, -0.05) is 0 Å². The van der Waals surface area contributed by atoms with Crippen LogP contribution in [0.1, 0.15) is 19.3 Å². The number of rotatable bonds is 5. The van der Waals surface area contributed by atoms with E-state index < -0.39 is 11.4 Å². The summed E-state index contributed by atoms with van der Waals surface area (Å²) in [4.78, 5) is 13.2. The average Bonchev–Trinajstić information content (AvgIpc) is 2.30. The number of piperidine rings is 1. The van der Waals surface area contributed by atoms with E-state index in [9.17, 15) is 4.79 Å². The number of aliphatic carboxylic acids is 1. The highest BCUT2D eigenvalue weighted by atomic mass is 16.5. The highest BCUT2D eigenvalue weighted by molar-refractivity contribution is 5.78. The highest BCUT2D eigenvalue weighted by Crippen LogP contribution is 2.30. The van der Waals surface area contributed by atoms with E-state index >= 15 is 0 Å². The second-order valence-electron chi connectivity index (χ2n) is 4.19. The molecule has 1 aliphatic heterocycles. The quantitative estimate of drug-likeness (QED) is 0.699. The Morgan fingerprint density at radius 3 is 2.62 bits per heavy atom. The predicted molar refractivity (Wildman–Crippen MR) is 57.8 cm³/mol. The molecule has 1 heterocycles. The second kappa shape index (κ2) is 5.83. The van der Waals surface area contributed by atoms with Crippen molar-refractivity contribution in [1.82, 2.24) is 4.90 Å². The summed E-state index contributed by atoms with van der Waals surface area (Å²) in [6.07, 6.45) is 1.79. The Morgan fingerprint density at radius 2 is 2.19 bits per heavy atom. The Kier molecular flexibility index (Phi) is 4.71. The number of nitrogens with zero attached hydrogens (tertiary/aromatic N) is 2. The van der Waals surface area contributed by atoms with Crippen LogP contribution in [0.15, 0.2) is 0 Å². The van der Waals surface area contributed by atoms with Crippen LogP contribution >= 0.6 is 0 Å². The van der Waals surface area contributed by atoms with E-state index in [1.807, 2.05) is 6.07 Å². The Balaban J connectivity index is 2.38. The summed E-state index contributed by atoms with van der Waals surface area (Å²) in [5.41, 5.74) is -1.16. The summed E-state index contributed by atoms with van der Waals surface area (Å²) >= 11 is 0. The first-order valence-electron chi connectivity index (χ1n) is 5.50. The minimum absolute atomic E-state index is 0.422. The Hall–Kier alpha value is -1.12. The van der Waals surface area contributed by atoms with Gasteiger partial charge in [0.2, 0.25) is 0 Å². The van der Waals surface area contributed by atoms with Crippen molar-refractivity contribution in [2.75, 3.05) is 33.4 Å². The van der Waals surface area contributed by atoms with E-state index in [2.05, 4.69) is 4.90 Å². The molecule has 0 aromatic rings. The minimum atomic E-state index is -1.16. The molecule has 0 saturated carbocycles. The number of methoxy groups -OCH3 is 1. The molecule has 0 aliphatic carbocycles. The third-order valence-electron chi connectivity index (χ3n) is 3.16. The van der Waals surface area contributed by atoms with Crippen LogP contribution in [0, 0.1) is 16.7 Å². The van der Waals surface area contributed by atoms with Crippen molar-refractivity contribution in [3.05, 3.63) is 0 Å². The molecule has 1 aliphatic rings. The number of hydrogen-bond acceptors (Lipinski definition) is 4. The molecule has 5 nitrogen and oxygen atoms in total. The van der Waals surface area contributed by atoms with Gasteiger partial charge in [-0.05, 0) is 19.3 Å². The van der Waals surface area contributed by atoms with Crippen LogP contribution in [0.4, 0.5) is 0 Å². The summed E-state index contributed by atoms with van der Waals surface area (Å²) in [5, 5.41) is 18.0. The molecule has 0 aromatic heterocycles. The zero-order valence-electron chi connectivity index (χ0n) is 9.61. The molecule has 0 amide bonds. The van der Waals surface area contributed by atoms with E-state index in [0.717, 1.165) is 19.6 Å². The summed E-state index contributed by atoms with van der Waals surface area (Å²) in [5.74, 6) is -0.980. The number of carboxylic acid groups (broad SMARTS) is 1. The van der Waals surface area contributed by atoms with E-state index in [0.29, 0.717) is 25.9 Å². The van der Waals surface area contributed by atoms with E-state index in [-0.39, 0.29) is 0 Å². The molecule has 16 heavy (non-hydrogen) atoms. The second-order valence-corrected chi connectivity index (χ2v) is 4.19. The number of nitriles is 1. The highest BCUT2D eigenvalue weighted by Gasteiger charge is 2.41. The molecule has 1 saturated heterocycles. The summed E-state index contributed by atoms with van der Waals surface area (Å²) in [6, 6.07) is 1.95. The Morgan fingerprint density at radius 1 is 1.56 bits per heavy atom. The molecule has 5 heteroatoms. The molecule has 1 N–H and O–H groups in total. The van der Waals surface area contributed by atoms with Gasteiger partial charge in [0.1, 0.15) is 0 Å². The van der Waals surface area contributed by atoms with Gasteiger partial charge in [-0.2, -0.15) is 5.26 Å². The number of carbonyl (C=O) groups is 1. The first-order chi connectivity index (χ1) is 7.64.